The van der Waals surface area contributed by atoms with Gasteiger partial charge in [-0.25, -0.2) is 4.98 Å². The molecule has 2 aromatic heterocycles. The Morgan fingerprint density at radius 3 is 2.65 bits per heavy atom. The topological polar surface area (TPSA) is 56.7 Å². The van der Waals surface area contributed by atoms with E-state index in [1.807, 2.05) is 30.6 Å². The van der Waals surface area contributed by atoms with Crippen molar-refractivity contribution in [2.24, 2.45) is 5.73 Å². The molecule has 2 N–H and O–H groups in total. The second kappa shape index (κ2) is 5.10. The van der Waals surface area contributed by atoms with Crippen molar-refractivity contribution in [2.45, 2.75) is 25.8 Å². The monoisotopic (exact) mass is 230 g/mol. The highest BCUT2D eigenvalue weighted by Gasteiger charge is 2.17. The van der Waals surface area contributed by atoms with Gasteiger partial charge in [0.15, 0.2) is 0 Å². The molecular weight excluding hydrogens is 212 g/mol. The quantitative estimate of drug-likeness (QED) is 0.873. The summed E-state index contributed by atoms with van der Waals surface area (Å²) in [6.07, 6.45) is 5.59. The number of nitrogens with two attached hydrogens (primary N) is 1. The summed E-state index contributed by atoms with van der Waals surface area (Å²) in [5.41, 5.74) is 6.86. The molecule has 0 spiro atoms. The summed E-state index contributed by atoms with van der Waals surface area (Å²) in [5, 5.41) is 0. The molecular formula is C13H18N4. The molecule has 1 atom stereocenters. The van der Waals surface area contributed by atoms with E-state index in [1.54, 1.807) is 6.20 Å². The molecule has 4 heteroatoms. The molecule has 0 fully saturated rings. The molecule has 0 amide bonds. The third kappa shape index (κ3) is 2.36. The molecule has 0 radical (unpaired) electrons. The fourth-order valence-electron chi connectivity index (χ4n) is 1.99. The number of imidazole rings is 1. The van der Waals surface area contributed by atoms with Crippen molar-refractivity contribution >= 4 is 0 Å². The lowest BCUT2D eigenvalue weighted by Crippen LogP contribution is -2.23. The van der Waals surface area contributed by atoms with E-state index in [4.69, 9.17) is 5.73 Å². The van der Waals surface area contributed by atoms with Gasteiger partial charge in [0.25, 0.3) is 0 Å². The zero-order chi connectivity index (χ0) is 12.3. The first kappa shape index (κ1) is 11.8. The number of hydrogen-bond acceptors (Lipinski definition) is 3. The van der Waals surface area contributed by atoms with Gasteiger partial charge in [-0.3, -0.25) is 4.98 Å². The Balaban J connectivity index is 2.39. The fourth-order valence-corrected chi connectivity index (χ4v) is 1.99. The van der Waals surface area contributed by atoms with Crippen molar-refractivity contribution in [3.8, 4) is 0 Å². The van der Waals surface area contributed by atoms with E-state index in [0.717, 1.165) is 11.5 Å². The molecule has 4 nitrogen and oxygen atoms in total. The summed E-state index contributed by atoms with van der Waals surface area (Å²) in [6, 6.07) is 5.96. The summed E-state index contributed by atoms with van der Waals surface area (Å²) in [5.74, 6) is 1.42. The number of nitrogens with zero attached hydrogens (tertiary/aromatic N) is 3. The van der Waals surface area contributed by atoms with Crippen LogP contribution in [0.1, 0.15) is 37.3 Å². The van der Waals surface area contributed by atoms with Gasteiger partial charge < -0.3 is 10.3 Å². The normalized spacial score (nSPS) is 12.9. The summed E-state index contributed by atoms with van der Waals surface area (Å²) in [4.78, 5) is 8.77. The van der Waals surface area contributed by atoms with Gasteiger partial charge in [0.2, 0.25) is 0 Å². The molecule has 0 aliphatic carbocycles. The summed E-state index contributed by atoms with van der Waals surface area (Å²) < 4.78 is 2.12. The van der Waals surface area contributed by atoms with E-state index in [-0.39, 0.29) is 6.04 Å². The van der Waals surface area contributed by atoms with E-state index in [2.05, 4.69) is 28.4 Å². The SMILES string of the molecule is CC(C)c1nccn1C(CN)c1ccccn1. The molecule has 0 saturated carbocycles. The Labute approximate surface area is 102 Å². The molecule has 17 heavy (non-hydrogen) atoms. The maximum atomic E-state index is 5.88. The van der Waals surface area contributed by atoms with Gasteiger partial charge in [-0.05, 0) is 12.1 Å². The largest absolute Gasteiger partial charge is 0.328 e. The van der Waals surface area contributed by atoms with Crippen molar-refractivity contribution in [3.63, 3.8) is 0 Å². The summed E-state index contributed by atoms with van der Waals surface area (Å²) >= 11 is 0. The van der Waals surface area contributed by atoms with Crippen molar-refractivity contribution < 1.29 is 0 Å². The average molecular weight is 230 g/mol. The molecule has 0 saturated heterocycles. The standard InChI is InChI=1S/C13H18N4/c1-10(2)13-16-7-8-17(13)12(9-14)11-5-3-4-6-15-11/h3-8,10,12H,9,14H2,1-2H3. The second-order valence-corrected chi connectivity index (χ2v) is 4.35. The molecule has 90 valence electrons. The molecule has 2 heterocycles. The van der Waals surface area contributed by atoms with Crippen LogP contribution in [-0.2, 0) is 0 Å². The summed E-state index contributed by atoms with van der Waals surface area (Å²) in [7, 11) is 0. The van der Waals surface area contributed by atoms with Crippen LogP contribution in [-0.4, -0.2) is 21.1 Å². The summed E-state index contributed by atoms with van der Waals surface area (Å²) in [6.45, 7) is 4.78. The number of pyridine rings is 1. The minimum absolute atomic E-state index is 0.0658. The predicted octanol–water partition coefficient (Wildman–Crippen LogP) is 1.95. The number of rotatable bonds is 4. The Bertz CT molecular complexity index is 461. The van der Waals surface area contributed by atoms with Crippen LogP contribution in [0.4, 0.5) is 0 Å². The molecule has 1 unspecified atom stereocenters. The van der Waals surface area contributed by atoms with Crippen molar-refractivity contribution in [1.82, 2.24) is 14.5 Å². The van der Waals surface area contributed by atoms with Crippen LogP contribution in [0.2, 0.25) is 0 Å². The van der Waals surface area contributed by atoms with Crippen LogP contribution in [0.5, 0.6) is 0 Å². The molecule has 0 aliphatic rings. The van der Waals surface area contributed by atoms with Gasteiger partial charge >= 0.3 is 0 Å². The zero-order valence-corrected chi connectivity index (χ0v) is 10.2. The van der Waals surface area contributed by atoms with E-state index >= 15 is 0 Å². The number of hydrogen-bond donors (Lipinski definition) is 1. The van der Waals surface area contributed by atoms with Gasteiger partial charge in [0.05, 0.1) is 11.7 Å². The first-order valence-corrected chi connectivity index (χ1v) is 5.87. The predicted molar refractivity (Wildman–Crippen MR) is 67.7 cm³/mol. The van der Waals surface area contributed by atoms with Gasteiger partial charge in [-0.2, -0.15) is 0 Å². The Morgan fingerprint density at radius 1 is 1.24 bits per heavy atom. The number of aromatic nitrogens is 3. The van der Waals surface area contributed by atoms with Crippen molar-refractivity contribution in [3.05, 3.63) is 48.3 Å². The second-order valence-electron chi connectivity index (χ2n) is 4.35. The van der Waals surface area contributed by atoms with Crippen LogP contribution in [0.3, 0.4) is 0 Å². The van der Waals surface area contributed by atoms with Gasteiger partial charge in [0.1, 0.15) is 5.82 Å². The highest BCUT2D eigenvalue weighted by atomic mass is 15.1. The smallest absolute Gasteiger partial charge is 0.111 e. The molecule has 0 aliphatic heterocycles. The zero-order valence-electron chi connectivity index (χ0n) is 10.2. The van der Waals surface area contributed by atoms with Gasteiger partial charge in [-0.15, -0.1) is 0 Å². The Kier molecular flexibility index (Phi) is 3.54. The lowest BCUT2D eigenvalue weighted by molar-refractivity contribution is 0.537. The Hall–Kier alpha value is -1.68. The third-order valence-corrected chi connectivity index (χ3v) is 2.80. The lowest BCUT2D eigenvalue weighted by atomic mass is 10.1. The average Bonchev–Trinajstić information content (AvgIpc) is 2.81. The minimum atomic E-state index is 0.0658. The molecule has 2 rings (SSSR count). The highest BCUT2D eigenvalue weighted by Crippen LogP contribution is 2.21. The van der Waals surface area contributed by atoms with Crippen molar-refractivity contribution in [2.75, 3.05) is 6.54 Å². The van der Waals surface area contributed by atoms with Crippen molar-refractivity contribution in [1.29, 1.82) is 0 Å². The van der Waals surface area contributed by atoms with Crippen LogP contribution in [0, 0.1) is 0 Å². The van der Waals surface area contributed by atoms with Crippen LogP contribution >= 0.6 is 0 Å². The highest BCUT2D eigenvalue weighted by molar-refractivity contribution is 5.14. The maximum Gasteiger partial charge on any atom is 0.111 e. The van der Waals surface area contributed by atoms with Gasteiger partial charge in [-0.1, -0.05) is 19.9 Å². The van der Waals surface area contributed by atoms with Gasteiger partial charge in [0, 0.05) is 31.1 Å². The van der Waals surface area contributed by atoms with E-state index in [0.29, 0.717) is 12.5 Å². The first-order chi connectivity index (χ1) is 8.24. The van der Waals surface area contributed by atoms with E-state index in [9.17, 15) is 0 Å². The molecule has 2 aromatic rings. The Morgan fingerprint density at radius 2 is 2.06 bits per heavy atom. The fraction of sp³-hybridized carbons (Fsp3) is 0.385. The first-order valence-electron chi connectivity index (χ1n) is 5.87. The maximum absolute atomic E-state index is 5.88. The van der Waals surface area contributed by atoms with Crippen LogP contribution in [0.25, 0.3) is 0 Å². The van der Waals surface area contributed by atoms with E-state index in [1.165, 1.54) is 0 Å². The van der Waals surface area contributed by atoms with E-state index < -0.39 is 0 Å². The lowest BCUT2D eigenvalue weighted by Gasteiger charge is -2.20. The molecule has 0 aromatic carbocycles. The van der Waals surface area contributed by atoms with Crippen LogP contribution in [0.15, 0.2) is 36.8 Å². The molecule has 0 bridgehead atoms. The third-order valence-electron chi connectivity index (χ3n) is 2.80. The van der Waals surface area contributed by atoms with Crippen LogP contribution < -0.4 is 5.73 Å². The minimum Gasteiger partial charge on any atom is -0.328 e.